The molecule has 1 heterocycles. The van der Waals surface area contributed by atoms with Crippen LogP contribution in [0.1, 0.15) is 50.8 Å². The van der Waals surface area contributed by atoms with Crippen LogP contribution in [0.25, 0.3) is 0 Å². The highest BCUT2D eigenvalue weighted by Crippen LogP contribution is 2.37. The van der Waals surface area contributed by atoms with Gasteiger partial charge >= 0.3 is 0 Å². The van der Waals surface area contributed by atoms with Crippen LogP contribution in [0.4, 0.5) is 4.39 Å². The SMILES string of the molecule is COCCN(CC(=O)N1N=C(c2ccc(OC)cc2OC)C[C@H]1c1ccccc1F)C(=O)CC(C)(C)C. The lowest BCUT2D eigenvalue weighted by atomic mass is 9.91. The van der Waals surface area contributed by atoms with Gasteiger partial charge in [0, 0.05) is 43.7 Å². The Kier molecular flexibility index (Phi) is 9.26. The number of rotatable bonds is 10. The summed E-state index contributed by atoms with van der Waals surface area (Å²) in [5, 5.41) is 5.93. The Morgan fingerprint density at radius 2 is 1.84 bits per heavy atom. The lowest BCUT2D eigenvalue weighted by Crippen LogP contribution is -2.43. The van der Waals surface area contributed by atoms with Crippen molar-refractivity contribution in [3.63, 3.8) is 0 Å². The molecule has 0 unspecified atom stereocenters. The summed E-state index contributed by atoms with van der Waals surface area (Å²) in [6.45, 7) is 6.26. The van der Waals surface area contributed by atoms with Crippen LogP contribution in [-0.4, -0.2) is 68.5 Å². The van der Waals surface area contributed by atoms with E-state index in [1.165, 1.54) is 16.0 Å². The molecule has 200 valence electrons. The van der Waals surface area contributed by atoms with Crippen LogP contribution in [0, 0.1) is 11.2 Å². The molecule has 0 saturated heterocycles. The standard InChI is InChI=1S/C28H36FN3O5/c1-28(2,3)17-26(33)31(13-14-35-4)18-27(34)32-24(20-9-7-8-10-22(20)29)16-23(30-32)21-12-11-19(36-5)15-25(21)37-6/h7-12,15,24H,13-14,16-18H2,1-6H3/t24-/m0/s1. The minimum atomic E-state index is -0.669. The van der Waals surface area contributed by atoms with Gasteiger partial charge in [-0.15, -0.1) is 0 Å². The zero-order valence-corrected chi connectivity index (χ0v) is 22.4. The number of halogens is 1. The average molecular weight is 514 g/mol. The summed E-state index contributed by atoms with van der Waals surface area (Å²) in [4.78, 5) is 28.1. The van der Waals surface area contributed by atoms with E-state index in [0.29, 0.717) is 28.3 Å². The number of methoxy groups -OCH3 is 3. The van der Waals surface area contributed by atoms with E-state index in [9.17, 15) is 14.0 Å². The van der Waals surface area contributed by atoms with Gasteiger partial charge in [-0.3, -0.25) is 9.59 Å². The summed E-state index contributed by atoms with van der Waals surface area (Å²) in [5.74, 6) is 0.156. The van der Waals surface area contributed by atoms with E-state index in [0.717, 1.165) is 0 Å². The van der Waals surface area contributed by atoms with Gasteiger partial charge in [-0.05, 0) is 23.6 Å². The molecule has 1 atom stereocenters. The number of ether oxygens (including phenoxy) is 3. The first-order valence-electron chi connectivity index (χ1n) is 12.2. The molecular weight excluding hydrogens is 477 g/mol. The maximum Gasteiger partial charge on any atom is 0.262 e. The van der Waals surface area contributed by atoms with Crippen molar-refractivity contribution in [1.82, 2.24) is 9.91 Å². The van der Waals surface area contributed by atoms with E-state index in [2.05, 4.69) is 5.10 Å². The van der Waals surface area contributed by atoms with E-state index in [-0.39, 0.29) is 43.9 Å². The first-order valence-corrected chi connectivity index (χ1v) is 12.2. The Hall–Kier alpha value is -3.46. The van der Waals surface area contributed by atoms with E-state index in [1.54, 1.807) is 57.7 Å². The smallest absolute Gasteiger partial charge is 0.262 e. The lowest BCUT2D eigenvalue weighted by Gasteiger charge is -2.29. The second kappa shape index (κ2) is 12.2. The summed E-state index contributed by atoms with van der Waals surface area (Å²) >= 11 is 0. The lowest BCUT2D eigenvalue weighted by molar-refractivity contribution is -0.143. The first kappa shape index (κ1) is 28.1. The number of carbonyl (C=O) groups is 2. The Morgan fingerprint density at radius 3 is 2.46 bits per heavy atom. The Labute approximate surface area is 218 Å². The van der Waals surface area contributed by atoms with Crippen molar-refractivity contribution in [3.8, 4) is 11.5 Å². The van der Waals surface area contributed by atoms with Crippen LogP contribution >= 0.6 is 0 Å². The number of nitrogens with zero attached hydrogens (tertiary/aromatic N) is 3. The third kappa shape index (κ3) is 7.07. The van der Waals surface area contributed by atoms with E-state index >= 15 is 0 Å². The van der Waals surface area contributed by atoms with Crippen molar-refractivity contribution in [2.75, 3.05) is 41.0 Å². The van der Waals surface area contributed by atoms with Crippen LogP contribution in [0.3, 0.4) is 0 Å². The van der Waals surface area contributed by atoms with Crippen molar-refractivity contribution in [1.29, 1.82) is 0 Å². The van der Waals surface area contributed by atoms with Crippen LogP contribution in [0.15, 0.2) is 47.6 Å². The van der Waals surface area contributed by atoms with Crippen LogP contribution < -0.4 is 9.47 Å². The van der Waals surface area contributed by atoms with Gasteiger partial charge in [0.15, 0.2) is 0 Å². The fourth-order valence-electron chi connectivity index (χ4n) is 4.22. The van der Waals surface area contributed by atoms with Crippen molar-refractivity contribution in [2.45, 2.75) is 39.7 Å². The van der Waals surface area contributed by atoms with Gasteiger partial charge in [0.05, 0.1) is 32.6 Å². The molecule has 8 nitrogen and oxygen atoms in total. The van der Waals surface area contributed by atoms with Crippen LogP contribution in [0.5, 0.6) is 11.5 Å². The number of amides is 2. The van der Waals surface area contributed by atoms with Gasteiger partial charge < -0.3 is 19.1 Å². The number of carbonyl (C=O) groups excluding carboxylic acids is 2. The van der Waals surface area contributed by atoms with Crippen LogP contribution in [0.2, 0.25) is 0 Å². The molecule has 0 saturated carbocycles. The van der Waals surface area contributed by atoms with Crippen molar-refractivity contribution >= 4 is 17.5 Å². The van der Waals surface area contributed by atoms with Gasteiger partial charge in [0.25, 0.3) is 5.91 Å². The maximum absolute atomic E-state index is 14.9. The van der Waals surface area contributed by atoms with Gasteiger partial charge in [0.1, 0.15) is 23.9 Å². The number of hydrogen-bond acceptors (Lipinski definition) is 6. The van der Waals surface area contributed by atoms with Crippen molar-refractivity contribution in [2.24, 2.45) is 10.5 Å². The minimum absolute atomic E-state index is 0.152. The molecule has 3 rings (SSSR count). The highest BCUT2D eigenvalue weighted by atomic mass is 19.1. The third-order valence-corrected chi connectivity index (χ3v) is 6.08. The second-order valence-corrected chi connectivity index (χ2v) is 10.1. The molecule has 37 heavy (non-hydrogen) atoms. The minimum Gasteiger partial charge on any atom is -0.497 e. The highest BCUT2D eigenvalue weighted by Gasteiger charge is 2.36. The van der Waals surface area contributed by atoms with E-state index in [4.69, 9.17) is 14.2 Å². The molecule has 0 bridgehead atoms. The molecule has 2 aromatic rings. The maximum atomic E-state index is 14.9. The number of hydrazone groups is 1. The third-order valence-electron chi connectivity index (χ3n) is 6.08. The van der Waals surface area contributed by atoms with Crippen molar-refractivity contribution in [3.05, 3.63) is 59.4 Å². The molecule has 9 heteroatoms. The molecule has 1 aliphatic rings. The Bertz CT molecular complexity index is 1140. The Balaban J connectivity index is 1.97. The van der Waals surface area contributed by atoms with E-state index in [1.807, 2.05) is 20.8 Å². The molecule has 1 aliphatic heterocycles. The van der Waals surface area contributed by atoms with Gasteiger partial charge in [-0.2, -0.15) is 5.10 Å². The molecule has 0 spiro atoms. The van der Waals surface area contributed by atoms with Gasteiger partial charge in [0.2, 0.25) is 5.91 Å². The predicted molar refractivity (Wildman–Crippen MR) is 139 cm³/mol. The molecule has 0 aromatic heterocycles. The second-order valence-electron chi connectivity index (χ2n) is 10.1. The molecule has 0 radical (unpaired) electrons. The summed E-state index contributed by atoms with van der Waals surface area (Å²) in [7, 11) is 4.65. The molecule has 0 aliphatic carbocycles. The predicted octanol–water partition coefficient (Wildman–Crippen LogP) is 4.43. The summed E-state index contributed by atoms with van der Waals surface area (Å²) in [5.41, 5.74) is 1.36. The van der Waals surface area contributed by atoms with E-state index < -0.39 is 17.8 Å². The van der Waals surface area contributed by atoms with Crippen LogP contribution in [-0.2, 0) is 14.3 Å². The molecule has 0 fully saturated rings. The quantitative estimate of drug-likeness (QED) is 0.470. The number of benzene rings is 2. The highest BCUT2D eigenvalue weighted by molar-refractivity contribution is 6.05. The monoisotopic (exact) mass is 513 g/mol. The molecule has 2 amide bonds. The zero-order valence-electron chi connectivity index (χ0n) is 22.4. The average Bonchev–Trinajstić information content (AvgIpc) is 3.30. The first-order chi connectivity index (χ1) is 17.6. The summed E-state index contributed by atoms with van der Waals surface area (Å²) < 4.78 is 30.9. The molecule has 0 N–H and O–H groups in total. The molecule has 2 aromatic carbocycles. The zero-order chi connectivity index (χ0) is 27.2. The largest absolute Gasteiger partial charge is 0.497 e. The summed E-state index contributed by atoms with van der Waals surface area (Å²) in [6, 6.07) is 11.0. The fraction of sp³-hybridized carbons (Fsp3) is 0.464. The number of hydrogen-bond donors (Lipinski definition) is 0. The van der Waals surface area contributed by atoms with Crippen molar-refractivity contribution < 1.29 is 28.2 Å². The fourth-order valence-corrected chi connectivity index (χ4v) is 4.22. The summed E-state index contributed by atoms with van der Waals surface area (Å²) in [6.07, 6.45) is 0.557. The normalized spacial score (nSPS) is 15.4. The molecular formula is C28H36FN3O5. The topological polar surface area (TPSA) is 80.7 Å². The Morgan fingerprint density at radius 1 is 1.11 bits per heavy atom. The van der Waals surface area contributed by atoms with Gasteiger partial charge in [-0.1, -0.05) is 39.0 Å². The van der Waals surface area contributed by atoms with Gasteiger partial charge in [-0.25, -0.2) is 9.40 Å².